The average Bonchev–Trinajstić information content (AvgIpc) is 2.52. The largest absolute Gasteiger partial charge is 0.497 e. The van der Waals surface area contributed by atoms with Crippen molar-refractivity contribution in [2.24, 2.45) is 0 Å². The second-order valence-electron chi connectivity index (χ2n) is 4.94. The van der Waals surface area contributed by atoms with Crippen LogP contribution in [0.1, 0.15) is 19.3 Å². The number of methoxy groups -OCH3 is 1. The first kappa shape index (κ1) is 15.1. The Morgan fingerprint density at radius 1 is 1.38 bits per heavy atom. The normalized spacial score (nSPS) is 14.6. The highest BCUT2D eigenvalue weighted by molar-refractivity contribution is 5.82. The monoisotopic (exact) mass is 293 g/mol. The molecule has 0 atom stereocenters. The van der Waals surface area contributed by atoms with Gasteiger partial charge in [0.25, 0.3) is 5.69 Å². The van der Waals surface area contributed by atoms with Crippen molar-refractivity contribution in [1.29, 1.82) is 0 Å². The third-order valence-corrected chi connectivity index (χ3v) is 3.54. The van der Waals surface area contributed by atoms with Crippen LogP contribution < -0.4 is 10.1 Å². The van der Waals surface area contributed by atoms with E-state index in [2.05, 4.69) is 5.32 Å². The van der Waals surface area contributed by atoms with Crippen LogP contribution in [0.3, 0.4) is 0 Å². The van der Waals surface area contributed by atoms with Gasteiger partial charge in [-0.2, -0.15) is 0 Å². The maximum Gasteiger partial charge on any atom is 0.292 e. The van der Waals surface area contributed by atoms with Crippen LogP contribution in [0.5, 0.6) is 5.75 Å². The van der Waals surface area contributed by atoms with Gasteiger partial charge in [-0.05, 0) is 25.3 Å². The molecule has 0 aliphatic carbocycles. The van der Waals surface area contributed by atoms with Crippen molar-refractivity contribution in [2.75, 3.05) is 32.1 Å². The number of nitro benzene ring substituents is 1. The number of nitro groups is 1. The van der Waals surface area contributed by atoms with Gasteiger partial charge in [0.1, 0.15) is 11.4 Å². The molecule has 0 saturated carbocycles. The molecular weight excluding hydrogens is 274 g/mol. The van der Waals surface area contributed by atoms with Crippen LogP contribution in [0.2, 0.25) is 0 Å². The second-order valence-corrected chi connectivity index (χ2v) is 4.94. The Labute approximate surface area is 123 Å². The van der Waals surface area contributed by atoms with Gasteiger partial charge in [0, 0.05) is 25.2 Å². The summed E-state index contributed by atoms with van der Waals surface area (Å²) in [5.41, 5.74) is 0.229. The zero-order valence-corrected chi connectivity index (χ0v) is 12.0. The number of amides is 1. The number of rotatable bonds is 5. The molecule has 21 heavy (non-hydrogen) atoms. The molecule has 0 unspecified atom stereocenters. The maximum absolute atomic E-state index is 12.1. The minimum atomic E-state index is -0.479. The van der Waals surface area contributed by atoms with E-state index in [0.29, 0.717) is 11.4 Å². The number of likely N-dealkylation sites (tertiary alicyclic amines) is 1. The highest BCUT2D eigenvalue weighted by Gasteiger charge is 2.19. The molecule has 1 aromatic carbocycles. The van der Waals surface area contributed by atoms with Crippen molar-refractivity contribution >= 4 is 17.3 Å². The van der Waals surface area contributed by atoms with Crippen molar-refractivity contribution in [1.82, 2.24) is 4.90 Å². The van der Waals surface area contributed by atoms with Crippen molar-refractivity contribution in [3.05, 3.63) is 28.3 Å². The summed E-state index contributed by atoms with van der Waals surface area (Å²) in [7, 11) is 1.49. The van der Waals surface area contributed by atoms with E-state index in [1.54, 1.807) is 4.90 Å². The summed E-state index contributed by atoms with van der Waals surface area (Å²) in [5, 5.41) is 13.9. The number of benzene rings is 1. The van der Waals surface area contributed by atoms with Crippen LogP contribution in [0.15, 0.2) is 18.2 Å². The van der Waals surface area contributed by atoms with E-state index in [4.69, 9.17) is 4.74 Å². The zero-order chi connectivity index (χ0) is 15.2. The second kappa shape index (κ2) is 6.92. The summed E-state index contributed by atoms with van der Waals surface area (Å²) in [4.78, 5) is 24.4. The van der Waals surface area contributed by atoms with E-state index in [9.17, 15) is 14.9 Å². The number of hydrogen-bond acceptors (Lipinski definition) is 5. The molecule has 1 N–H and O–H groups in total. The molecule has 114 valence electrons. The van der Waals surface area contributed by atoms with Gasteiger partial charge in [0.2, 0.25) is 5.91 Å². The van der Waals surface area contributed by atoms with Gasteiger partial charge in [-0.3, -0.25) is 14.9 Å². The molecule has 1 aliphatic heterocycles. The van der Waals surface area contributed by atoms with Crippen molar-refractivity contribution < 1.29 is 14.5 Å². The Hall–Kier alpha value is -2.31. The lowest BCUT2D eigenvalue weighted by molar-refractivity contribution is -0.384. The average molecular weight is 293 g/mol. The Bertz CT molecular complexity index is 527. The Kier molecular flexibility index (Phi) is 4.97. The molecule has 1 aromatic rings. The standard InChI is InChI=1S/C14H19N3O4/c1-21-11-5-6-13(17(19)20)12(9-11)15-10-14(18)16-7-3-2-4-8-16/h5-6,9,15H,2-4,7-8,10H2,1H3. The fourth-order valence-electron chi connectivity index (χ4n) is 2.37. The number of carbonyl (C=O) groups is 1. The number of nitrogens with zero attached hydrogens (tertiary/aromatic N) is 2. The molecule has 1 aliphatic rings. The first-order chi connectivity index (χ1) is 10.1. The van der Waals surface area contributed by atoms with Gasteiger partial charge < -0.3 is 15.0 Å². The Morgan fingerprint density at radius 3 is 2.71 bits per heavy atom. The number of ether oxygens (including phenoxy) is 1. The maximum atomic E-state index is 12.1. The van der Waals surface area contributed by atoms with Gasteiger partial charge in [-0.15, -0.1) is 0 Å². The predicted octanol–water partition coefficient (Wildman–Crippen LogP) is 2.03. The highest BCUT2D eigenvalue weighted by Crippen LogP contribution is 2.28. The van der Waals surface area contributed by atoms with Crippen molar-refractivity contribution in [3.8, 4) is 5.75 Å². The summed E-state index contributed by atoms with van der Waals surface area (Å²) in [6.45, 7) is 1.58. The zero-order valence-electron chi connectivity index (χ0n) is 12.0. The van der Waals surface area contributed by atoms with E-state index in [0.717, 1.165) is 32.4 Å². The Morgan fingerprint density at radius 2 is 2.10 bits per heavy atom. The molecule has 7 nitrogen and oxygen atoms in total. The molecule has 0 aromatic heterocycles. The van der Waals surface area contributed by atoms with Crippen LogP contribution in [0.4, 0.5) is 11.4 Å². The topological polar surface area (TPSA) is 84.7 Å². The number of nitrogens with one attached hydrogen (secondary N) is 1. The first-order valence-corrected chi connectivity index (χ1v) is 6.96. The van der Waals surface area contributed by atoms with Gasteiger partial charge >= 0.3 is 0 Å². The first-order valence-electron chi connectivity index (χ1n) is 6.96. The molecule has 0 spiro atoms. The lowest BCUT2D eigenvalue weighted by Crippen LogP contribution is -2.39. The van der Waals surface area contributed by atoms with Crippen LogP contribution in [-0.2, 0) is 4.79 Å². The lowest BCUT2D eigenvalue weighted by atomic mass is 10.1. The highest BCUT2D eigenvalue weighted by atomic mass is 16.6. The van der Waals surface area contributed by atoms with Crippen LogP contribution in [0.25, 0.3) is 0 Å². The van der Waals surface area contributed by atoms with E-state index in [1.807, 2.05) is 0 Å². The summed E-state index contributed by atoms with van der Waals surface area (Å²) >= 11 is 0. The fourth-order valence-corrected chi connectivity index (χ4v) is 2.37. The van der Waals surface area contributed by atoms with Crippen LogP contribution >= 0.6 is 0 Å². The predicted molar refractivity (Wildman–Crippen MR) is 78.6 cm³/mol. The quantitative estimate of drug-likeness (QED) is 0.663. The summed E-state index contributed by atoms with van der Waals surface area (Å²) in [6, 6.07) is 4.42. The smallest absolute Gasteiger partial charge is 0.292 e. The van der Waals surface area contributed by atoms with Crippen molar-refractivity contribution in [2.45, 2.75) is 19.3 Å². The van der Waals surface area contributed by atoms with Gasteiger partial charge in [-0.1, -0.05) is 0 Å². The fraction of sp³-hybridized carbons (Fsp3) is 0.500. The van der Waals surface area contributed by atoms with E-state index < -0.39 is 4.92 Å². The summed E-state index contributed by atoms with van der Waals surface area (Å²) in [5.74, 6) is 0.473. The molecular formula is C14H19N3O4. The molecule has 7 heteroatoms. The third kappa shape index (κ3) is 3.84. The minimum absolute atomic E-state index is 0.0354. The van der Waals surface area contributed by atoms with Crippen LogP contribution in [0, 0.1) is 10.1 Å². The Balaban J connectivity index is 2.04. The molecule has 1 saturated heterocycles. The summed E-state index contributed by atoms with van der Waals surface area (Å²) < 4.78 is 5.05. The molecule has 1 heterocycles. The molecule has 1 fully saturated rings. The van der Waals surface area contributed by atoms with Gasteiger partial charge in [0.15, 0.2) is 0 Å². The molecule has 0 radical (unpaired) electrons. The number of piperidine rings is 1. The van der Waals surface area contributed by atoms with E-state index >= 15 is 0 Å². The third-order valence-electron chi connectivity index (χ3n) is 3.54. The molecule has 1 amide bonds. The lowest BCUT2D eigenvalue weighted by Gasteiger charge is -2.26. The SMILES string of the molecule is COc1ccc([N+](=O)[O-])c(NCC(=O)N2CCCCC2)c1. The van der Waals surface area contributed by atoms with Gasteiger partial charge in [0.05, 0.1) is 18.6 Å². The van der Waals surface area contributed by atoms with E-state index in [-0.39, 0.29) is 18.1 Å². The van der Waals surface area contributed by atoms with Crippen LogP contribution in [-0.4, -0.2) is 42.5 Å². The number of hydrogen-bond donors (Lipinski definition) is 1. The number of carbonyl (C=O) groups excluding carboxylic acids is 1. The van der Waals surface area contributed by atoms with Gasteiger partial charge in [-0.25, -0.2) is 0 Å². The minimum Gasteiger partial charge on any atom is -0.497 e. The van der Waals surface area contributed by atoms with E-state index in [1.165, 1.54) is 25.3 Å². The van der Waals surface area contributed by atoms with Crippen molar-refractivity contribution in [3.63, 3.8) is 0 Å². The number of anilines is 1. The summed E-state index contributed by atoms with van der Waals surface area (Å²) in [6.07, 6.45) is 3.19. The molecule has 2 rings (SSSR count). The molecule has 0 bridgehead atoms.